The second kappa shape index (κ2) is 8.80. The largest absolute Gasteiger partial charge is 0.494 e. The van der Waals surface area contributed by atoms with Gasteiger partial charge in [-0.05, 0) is 67.9 Å². The number of hydrogen-bond donors (Lipinski definition) is 1. The highest BCUT2D eigenvalue weighted by Gasteiger charge is 2.16. The van der Waals surface area contributed by atoms with E-state index in [0.717, 1.165) is 22.6 Å². The highest BCUT2D eigenvalue weighted by molar-refractivity contribution is 7.87. The fraction of sp³-hybridized carbons (Fsp3) is 0.182. The number of ether oxygens (including phenoxy) is 1. The molecule has 0 aromatic heterocycles. The lowest BCUT2D eigenvalue weighted by Crippen LogP contribution is -2.09. The maximum Gasteiger partial charge on any atom is 0.339 e. The third kappa shape index (κ3) is 5.27. The molecule has 0 heterocycles. The van der Waals surface area contributed by atoms with Gasteiger partial charge >= 0.3 is 10.1 Å². The molecule has 3 aromatic rings. The average molecular weight is 397 g/mol. The molecule has 0 fully saturated rings. The molecule has 28 heavy (non-hydrogen) atoms. The second-order valence-corrected chi connectivity index (χ2v) is 7.85. The summed E-state index contributed by atoms with van der Waals surface area (Å²) in [6.45, 7) is 5.10. The summed E-state index contributed by atoms with van der Waals surface area (Å²) in [4.78, 5) is 0.138. The highest BCUT2D eigenvalue weighted by atomic mass is 32.2. The van der Waals surface area contributed by atoms with Crippen molar-refractivity contribution >= 4 is 15.8 Å². The van der Waals surface area contributed by atoms with Crippen LogP contribution in [-0.2, 0) is 16.7 Å². The predicted molar refractivity (Wildman–Crippen MR) is 110 cm³/mol. The Morgan fingerprint density at radius 2 is 1.43 bits per heavy atom. The van der Waals surface area contributed by atoms with Crippen LogP contribution in [0.15, 0.2) is 77.7 Å². The molecule has 5 nitrogen and oxygen atoms in total. The van der Waals surface area contributed by atoms with Gasteiger partial charge < -0.3 is 14.2 Å². The molecule has 0 aliphatic heterocycles. The van der Waals surface area contributed by atoms with Crippen molar-refractivity contribution in [2.24, 2.45) is 0 Å². The van der Waals surface area contributed by atoms with Gasteiger partial charge in [0.15, 0.2) is 0 Å². The molecule has 146 valence electrons. The number of hydrogen-bond acceptors (Lipinski definition) is 5. The SMILES string of the molecule is CCOc1ccc(NCc2ccc(OS(=O)(=O)c3ccc(C)cc3)cc2)cc1. The normalized spacial score (nSPS) is 11.1. The lowest BCUT2D eigenvalue weighted by atomic mass is 10.2. The van der Waals surface area contributed by atoms with Crippen molar-refractivity contribution in [1.29, 1.82) is 0 Å². The van der Waals surface area contributed by atoms with Gasteiger partial charge in [-0.3, -0.25) is 0 Å². The Balaban J connectivity index is 1.59. The molecule has 6 heteroatoms. The maximum absolute atomic E-state index is 12.3. The molecule has 0 saturated carbocycles. The van der Waals surface area contributed by atoms with Crippen LogP contribution >= 0.6 is 0 Å². The average Bonchev–Trinajstić information content (AvgIpc) is 2.69. The van der Waals surface area contributed by atoms with Crippen molar-refractivity contribution in [3.05, 3.63) is 83.9 Å². The van der Waals surface area contributed by atoms with E-state index in [2.05, 4.69) is 5.32 Å². The summed E-state index contributed by atoms with van der Waals surface area (Å²) in [6, 6.07) is 21.3. The summed E-state index contributed by atoms with van der Waals surface area (Å²) in [6.07, 6.45) is 0. The van der Waals surface area contributed by atoms with E-state index < -0.39 is 10.1 Å². The van der Waals surface area contributed by atoms with Crippen LogP contribution in [0, 0.1) is 6.92 Å². The van der Waals surface area contributed by atoms with Crippen molar-refractivity contribution in [3.63, 3.8) is 0 Å². The van der Waals surface area contributed by atoms with E-state index in [4.69, 9.17) is 8.92 Å². The quantitative estimate of drug-likeness (QED) is 0.555. The Hall–Kier alpha value is -2.99. The standard InChI is InChI=1S/C22H23NO4S/c1-3-26-20-12-8-19(9-13-20)23-16-18-6-10-21(11-7-18)27-28(24,25)22-14-4-17(2)5-15-22/h4-15,23H,3,16H2,1-2H3. The molecule has 0 amide bonds. The summed E-state index contributed by atoms with van der Waals surface area (Å²) in [5, 5.41) is 3.31. The minimum atomic E-state index is -3.83. The zero-order valence-corrected chi connectivity index (χ0v) is 16.7. The zero-order chi connectivity index (χ0) is 20.0. The van der Waals surface area contributed by atoms with Crippen molar-refractivity contribution in [2.75, 3.05) is 11.9 Å². The van der Waals surface area contributed by atoms with Crippen LogP contribution in [0.3, 0.4) is 0 Å². The summed E-state index contributed by atoms with van der Waals surface area (Å²) >= 11 is 0. The van der Waals surface area contributed by atoms with Gasteiger partial charge in [-0.15, -0.1) is 0 Å². The number of anilines is 1. The second-order valence-electron chi connectivity index (χ2n) is 6.31. The predicted octanol–water partition coefficient (Wildman–Crippen LogP) is 4.77. The molecule has 0 unspecified atom stereocenters. The summed E-state index contributed by atoms with van der Waals surface area (Å²) in [7, 11) is -3.83. The van der Waals surface area contributed by atoms with E-state index in [1.807, 2.05) is 50.2 Å². The molecule has 0 radical (unpaired) electrons. The maximum atomic E-state index is 12.3. The van der Waals surface area contributed by atoms with Crippen LogP contribution < -0.4 is 14.2 Å². The molecule has 3 aromatic carbocycles. The van der Waals surface area contributed by atoms with Crippen LogP contribution in [0.5, 0.6) is 11.5 Å². The van der Waals surface area contributed by atoms with Crippen molar-refractivity contribution < 1.29 is 17.3 Å². The molecule has 1 N–H and O–H groups in total. The van der Waals surface area contributed by atoms with Gasteiger partial charge in [0.2, 0.25) is 0 Å². The molecular formula is C22H23NO4S. The number of benzene rings is 3. The smallest absolute Gasteiger partial charge is 0.339 e. The summed E-state index contributed by atoms with van der Waals surface area (Å²) in [5.74, 6) is 1.12. The van der Waals surface area contributed by atoms with E-state index in [1.165, 1.54) is 0 Å². The van der Waals surface area contributed by atoms with Gasteiger partial charge in [0.1, 0.15) is 16.4 Å². The molecule has 0 saturated heterocycles. The fourth-order valence-electron chi connectivity index (χ4n) is 2.58. The van der Waals surface area contributed by atoms with Crippen molar-refractivity contribution in [3.8, 4) is 11.5 Å². The van der Waals surface area contributed by atoms with Crippen LogP contribution in [-0.4, -0.2) is 15.0 Å². The van der Waals surface area contributed by atoms with E-state index in [1.54, 1.807) is 36.4 Å². The van der Waals surface area contributed by atoms with E-state index in [9.17, 15) is 8.42 Å². The number of aryl methyl sites for hydroxylation is 1. The first kappa shape index (κ1) is 19.8. The van der Waals surface area contributed by atoms with Gasteiger partial charge in [-0.2, -0.15) is 8.42 Å². The van der Waals surface area contributed by atoms with Gasteiger partial charge in [0, 0.05) is 12.2 Å². The minimum Gasteiger partial charge on any atom is -0.494 e. The third-order valence-electron chi connectivity index (χ3n) is 4.10. The number of nitrogens with one attached hydrogen (secondary N) is 1. The Morgan fingerprint density at radius 1 is 0.821 bits per heavy atom. The Kier molecular flexibility index (Phi) is 6.21. The van der Waals surface area contributed by atoms with Crippen LogP contribution in [0.1, 0.15) is 18.1 Å². The van der Waals surface area contributed by atoms with E-state index >= 15 is 0 Å². The van der Waals surface area contributed by atoms with Crippen LogP contribution in [0.2, 0.25) is 0 Å². The Morgan fingerprint density at radius 3 is 2.04 bits per heavy atom. The first-order valence-electron chi connectivity index (χ1n) is 9.03. The van der Waals surface area contributed by atoms with E-state index in [-0.39, 0.29) is 10.6 Å². The Labute approximate surface area is 166 Å². The first-order valence-corrected chi connectivity index (χ1v) is 10.4. The van der Waals surface area contributed by atoms with Gasteiger partial charge in [0.05, 0.1) is 6.61 Å². The van der Waals surface area contributed by atoms with Gasteiger partial charge in [-0.25, -0.2) is 0 Å². The molecular weight excluding hydrogens is 374 g/mol. The molecule has 0 aliphatic rings. The fourth-order valence-corrected chi connectivity index (χ4v) is 3.51. The number of rotatable bonds is 8. The molecule has 0 bridgehead atoms. The van der Waals surface area contributed by atoms with Crippen LogP contribution in [0.4, 0.5) is 5.69 Å². The van der Waals surface area contributed by atoms with Gasteiger partial charge in [0.25, 0.3) is 0 Å². The molecule has 0 atom stereocenters. The lowest BCUT2D eigenvalue weighted by Gasteiger charge is -2.10. The van der Waals surface area contributed by atoms with Crippen molar-refractivity contribution in [2.45, 2.75) is 25.3 Å². The van der Waals surface area contributed by atoms with E-state index in [0.29, 0.717) is 13.2 Å². The van der Waals surface area contributed by atoms with Crippen molar-refractivity contribution in [1.82, 2.24) is 0 Å². The lowest BCUT2D eigenvalue weighted by molar-refractivity contribution is 0.340. The zero-order valence-electron chi connectivity index (χ0n) is 15.9. The Bertz CT molecular complexity index is 996. The molecule has 3 rings (SSSR count). The topological polar surface area (TPSA) is 64.6 Å². The van der Waals surface area contributed by atoms with Crippen LogP contribution in [0.25, 0.3) is 0 Å². The van der Waals surface area contributed by atoms with Gasteiger partial charge in [-0.1, -0.05) is 29.8 Å². The molecule has 0 aliphatic carbocycles. The minimum absolute atomic E-state index is 0.138. The monoisotopic (exact) mass is 397 g/mol. The molecule has 0 spiro atoms. The first-order chi connectivity index (χ1) is 13.5. The summed E-state index contributed by atoms with van der Waals surface area (Å²) in [5.41, 5.74) is 2.98. The highest BCUT2D eigenvalue weighted by Crippen LogP contribution is 2.21. The third-order valence-corrected chi connectivity index (χ3v) is 5.36. The summed E-state index contributed by atoms with van der Waals surface area (Å²) < 4.78 is 35.3.